The minimum Gasteiger partial charge on any atom is -0.356 e. The fourth-order valence-electron chi connectivity index (χ4n) is 5.04. The molecular formula is C27H31N5O. The Hall–Kier alpha value is -3.28. The summed E-state index contributed by atoms with van der Waals surface area (Å²) < 4.78 is 0. The molecule has 0 bridgehead atoms. The second kappa shape index (κ2) is 9.69. The molecule has 0 spiro atoms. The van der Waals surface area contributed by atoms with Crippen LogP contribution in [0.15, 0.2) is 54.7 Å². The number of pyridine rings is 1. The van der Waals surface area contributed by atoms with E-state index in [4.69, 9.17) is 9.97 Å². The van der Waals surface area contributed by atoms with Crippen molar-refractivity contribution in [3.8, 4) is 0 Å². The van der Waals surface area contributed by atoms with Gasteiger partial charge in [0.15, 0.2) is 0 Å². The lowest BCUT2D eigenvalue weighted by molar-refractivity contribution is 0.0704. The first-order valence-corrected chi connectivity index (χ1v) is 12.1. The highest BCUT2D eigenvalue weighted by Gasteiger charge is 2.29. The summed E-state index contributed by atoms with van der Waals surface area (Å²) in [6.45, 7) is 5.51. The van der Waals surface area contributed by atoms with E-state index in [0.717, 1.165) is 80.3 Å². The number of nitrogens with zero attached hydrogens (tertiary/aromatic N) is 5. The van der Waals surface area contributed by atoms with Gasteiger partial charge in [-0.2, -0.15) is 0 Å². The summed E-state index contributed by atoms with van der Waals surface area (Å²) in [5.74, 6) is 2.26. The zero-order valence-corrected chi connectivity index (χ0v) is 19.3. The van der Waals surface area contributed by atoms with Crippen molar-refractivity contribution in [1.82, 2.24) is 19.9 Å². The summed E-state index contributed by atoms with van der Waals surface area (Å²) in [7, 11) is 0. The van der Waals surface area contributed by atoms with Gasteiger partial charge in [0.2, 0.25) is 0 Å². The van der Waals surface area contributed by atoms with Crippen LogP contribution in [0, 0.1) is 6.92 Å². The molecule has 1 aromatic carbocycles. The van der Waals surface area contributed by atoms with E-state index in [1.807, 2.05) is 53.6 Å². The molecule has 5 rings (SSSR count). The lowest BCUT2D eigenvalue weighted by Gasteiger charge is -2.34. The maximum atomic E-state index is 13.0. The van der Waals surface area contributed by atoms with Crippen molar-refractivity contribution in [2.24, 2.45) is 0 Å². The van der Waals surface area contributed by atoms with E-state index in [2.05, 4.69) is 22.9 Å². The molecule has 6 heteroatoms. The van der Waals surface area contributed by atoms with E-state index in [0.29, 0.717) is 6.54 Å². The molecule has 4 heterocycles. The number of carbonyl (C=O) groups excluding carboxylic acids is 1. The molecular weight excluding hydrogens is 410 g/mol. The van der Waals surface area contributed by atoms with E-state index < -0.39 is 0 Å². The first-order valence-electron chi connectivity index (χ1n) is 12.1. The molecule has 0 N–H and O–H groups in total. The van der Waals surface area contributed by atoms with Crippen LogP contribution in [0.5, 0.6) is 0 Å². The van der Waals surface area contributed by atoms with Gasteiger partial charge < -0.3 is 9.80 Å². The molecule has 1 atom stereocenters. The minimum absolute atomic E-state index is 0.104. The summed E-state index contributed by atoms with van der Waals surface area (Å²) in [6.07, 6.45) is 6.92. The first-order chi connectivity index (χ1) is 16.2. The number of piperidine rings is 1. The van der Waals surface area contributed by atoms with Gasteiger partial charge in [-0.05, 0) is 56.9 Å². The van der Waals surface area contributed by atoms with E-state index in [1.165, 1.54) is 5.56 Å². The highest BCUT2D eigenvalue weighted by molar-refractivity contribution is 5.94. The molecule has 1 fully saturated rings. The van der Waals surface area contributed by atoms with Crippen LogP contribution in [0.25, 0.3) is 0 Å². The molecule has 1 unspecified atom stereocenters. The Morgan fingerprint density at radius 3 is 2.70 bits per heavy atom. The number of anilines is 1. The lowest BCUT2D eigenvalue weighted by Crippen LogP contribution is -2.40. The summed E-state index contributed by atoms with van der Waals surface area (Å²) in [5, 5.41) is 0. The van der Waals surface area contributed by atoms with Crippen LogP contribution < -0.4 is 4.90 Å². The number of hydrogen-bond donors (Lipinski definition) is 0. The number of rotatable bonds is 5. The fraction of sp³-hybridized carbons (Fsp3) is 0.407. The Bertz CT molecular complexity index is 1100. The first kappa shape index (κ1) is 21.6. The maximum Gasteiger partial charge on any atom is 0.253 e. The molecule has 1 amide bonds. The zero-order chi connectivity index (χ0) is 22.6. The van der Waals surface area contributed by atoms with Crippen molar-refractivity contribution in [3.63, 3.8) is 0 Å². The quantitative estimate of drug-likeness (QED) is 0.594. The fourth-order valence-corrected chi connectivity index (χ4v) is 5.04. The van der Waals surface area contributed by atoms with Gasteiger partial charge in [-0.25, -0.2) is 9.97 Å². The van der Waals surface area contributed by atoms with Crippen LogP contribution >= 0.6 is 0 Å². The van der Waals surface area contributed by atoms with E-state index in [9.17, 15) is 4.79 Å². The van der Waals surface area contributed by atoms with Crippen molar-refractivity contribution < 1.29 is 4.79 Å². The van der Waals surface area contributed by atoms with Crippen molar-refractivity contribution in [2.45, 2.75) is 44.9 Å². The zero-order valence-electron chi connectivity index (χ0n) is 19.3. The van der Waals surface area contributed by atoms with Gasteiger partial charge in [0, 0.05) is 67.2 Å². The normalized spacial score (nSPS) is 18.2. The van der Waals surface area contributed by atoms with Gasteiger partial charge in [0.1, 0.15) is 11.6 Å². The number of carbonyl (C=O) groups is 1. The van der Waals surface area contributed by atoms with Crippen LogP contribution in [-0.4, -0.2) is 51.9 Å². The Morgan fingerprint density at radius 2 is 1.88 bits per heavy atom. The molecule has 0 radical (unpaired) electrons. The maximum absolute atomic E-state index is 13.0. The third-order valence-electron chi connectivity index (χ3n) is 6.82. The molecule has 0 saturated carbocycles. The number of aryl methyl sites for hydroxylation is 1. The predicted molar refractivity (Wildman–Crippen MR) is 130 cm³/mol. The minimum atomic E-state index is 0.104. The number of likely N-dealkylation sites (tertiary alicyclic amines) is 1. The highest BCUT2D eigenvalue weighted by Crippen LogP contribution is 2.32. The Balaban J connectivity index is 1.35. The number of amides is 1. The van der Waals surface area contributed by atoms with Crippen molar-refractivity contribution >= 4 is 11.7 Å². The Labute approximate surface area is 195 Å². The third kappa shape index (κ3) is 4.75. The molecule has 1 saturated heterocycles. The van der Waals surface area contributed by atoms with Crippen molar-refractivity contribution in [3.05, 3.63) is 83.1 Å². The van der Waals surface area contributed by atoms with Crippen LogP contribution in [0.2, 0.25) is 0 Å². The predicted octanol–water partition coefficient (Wildman–Crippen LogP) is 4.20. The lowest BCUT2D eigenvalue weighted by atomic mass is 9.95. The van der Waals surface area contributed by atoms with Crippen molar-refractivity contribution in [1.29, 1.82) is 0 Å². The average Bonchev–Trinajstić information content (AvgIpc) is 2.88. The molecule has 2 aromatic heterocycles. The second-order valence-corrected chi connectivity index (χ2v) is 9.09. The van der Waals surface area contributed by atoms with Gasteiger partial charge in [-0.3, -0.25) is 9.78 Å². The standard InChI is InChI=1S/C27H31N5O/c1-20-24-13-8-16-31(18-14-23-12-5-6-15-28-23)26(24)30-25(29-20)22-11-7-17-32(19-22)27(33)21-9-3-2-4-10-21/h2-6,9-10,12,15,22H,7-8,11,13-14,16-19H2,1H3. The average molecular weight is 442 g/mol. The number of hydrogen-bond acceptors (Lipinski definition) is 5. The van der Waals surface area contributed by atoms with Gasteiger partial charge in [0.05, 0.1) is 0 Å². The van der Waals surface area contributed by atoms with Gasteiger partial charge in [-0.15, -0.1) is 0 Å². The van der Waals surface area contributed by atoms with Crippen LogP contribution in [0.3, 0.4) is 0 Å². The van der Waals surface area contributed by atoms with E-state index >= 15 is 0 Å². The van der Waals surface area contributed by atoms with Crippen LogP contribution in [0.1, 0.15) is 58.3 Å². The molecule has 170 valence electrons. The summed E-state index contributed by atoms with van der Waals surface area (Å²) in [4.78, 5) is 31.9. The van der Waals surface area contributed by atoms with Gasteiger partial charge in [-0.1, -0.05) is 24.3 Å². The highest BCUT2D eigenvalue weighted by atomic mass is 16.2. The summed E-state index contributed by atoms with van der Waals surface area (Å²) >= 11 is 0. The molecule has 3 aromatic rings. The second-order valence-electron chi connectivity index (χ2n) is 9.09. The Kier molecular flexibility index (Phi) is 6.33. The number of fused-ring (bicyclic) bond motifs is 1. The molecule has 2 aliphatic heterocycles. The van der Waals surface area contributed by atoms with E-state index in [-0.39, 0.29) is 11.8 Å². The van der Waals surface area contributed by atoms with Gasteiger partial charge in [0.25, 0.3) is 5.91 Å². The molecule has 2 aliphatic rings. The summed E-state index contributed by atoms with van der Waals surface area (Å²) in [6, 6.07) is 15.7. The third-order valence-corrected chi connectivity index (χ3v) is 6.82. The smallest absolute Gasteiger partial charge is 0.253 e. The van der Waals surface area contributed by atoms with Crippen molar-refractivity contribution in [2.75, 3.05) is 31.1 Å². The number of benzene rings is 1. The summed E-state index contributed by atoms with van der Waals surface area (Å²) in [5.41, 5.74) is 4.22. The molecule has 0 aliphatic carbocycles. The molecule has 6 nitrogen and oxygen atoms in total. The topological polar surface area (TPSA) is 62.2 Å². The van der Waals surface area contributed by atoms with E-state index in [1.54, 1.807) is 0 Å². The van der Waals surface area contributed by atoms with Gasteiger partial charge >= 0.3 is 0 Å². The van der Waals surface area contributed by atoms with Crippen LogP contribution in [-0.2, 0) is 12.8 Å². The molecule has 33 heavy (non-hydrogen) atoms. The Morgan fingerprint density at radius 1 is 1.03 bits per heavy atom. The monoisotopic (exact) mass is 441 g/mol. The van der Waals surface area contributed by atoms with Crippen LogP contribution in [0.4, 0.5) is 5.82 Å². The largest absolute Gasteiger partial charge is 0.356 e. The number of aromatic nitrogens is 3. The SMILES string of the molecule is Cc1nc(C2CCCN(C(=O)c3ccccc3)C2)nc2c1CCCN2CCc1ccccn1.